The fourth-order valence-corrected chi connectivity index (χ4v) is 4.94. The number of rotatable bonds is 6. The molecule has 0 radical (unpaired) electrons. The molecule has 0 unspecified atom stereocenters. The predicted octanol–water partition coefficient (Wildman–Crippen LogP) is 3.67. The molecular weight excluding hydrogens is 407 g/mol. The van der Waals surface area contributed by atoms with Gasteiger partial charge in [-0.2, -0.15) is 4.31 Å². The lowest BCUT2D eigenvalue weighted by Gasteiger charge is -2.26. The lowest BCUT2D eigenvalue weighted by Crippen LogP contribution is -2.35. The minimum absolute atomic E-state index is 0.0417. The van der Waals surface area contributed by atoms with Gasteiger partial charge in [-0.25, -0.2) is 12.8 Å². The first-order chi connectivity index (χ1) is 13.4. The van der Waals surface area contributed by atoms with Gasteiger partial charge in [-0.1, -0.05) is 24.1 Å². The number of hydrogen-bond donors (Lipinski definition) is 1. The Morgan fingerprint density at radius 2 is 1.89 bits per heavy atom. The van der Waals surface area contributed by atoms with Crippen LogP contribution in [0.3, 0.4) is 0 Å². The molecule has 1 heterocycles. The summed E-state index contributed by atoms with van der Waals surface area (Å²) in [6.45, 7) is 0.563. The molecule has 0 atom stereocenters. The summed E-state index contributed by atoms with van der Waals surface area (Å²) >= 11 is 6.11. The zero-order valence-electron chi connectivity index (χ0n) is 15.0. The van der Waals surface area contributed by atoms with E-state index in [2.05, 4.69) is 5.32 Å². The van der Waals surface area contributed by atoms with Gasteiger partial charge >= 0.3 is 0 Å². The van der Waals surface area contributed by atoms with Crippen LogP contribution in [-0.2, 0) is 14.8 Å². The Kier molecular flexibility index (Phi) is 6.53. The second-order valence-corrected chi connectivity index (χ2v) is 8.72. The molecule has 0 spiro atoms. The maximum Gasteiger partial charge on any atom is 0.262 e. The van der Waals surface area contributed by atoms with E-state index in [1.807, 2.05) is 0 Å². The van der Waals surface area contributed by atoms with E-state index >= 15 is 0 Å². The normalized spacial score (nSPS) is 15.2. The molecule has 0 aliphatic carbocycles. The number of hydrogen-bond acceptors (Lipinski definition) is 4. The quantitative estimate of drug-likeness (QED) is 0.764. The SMILES string of the molecule is O=C(COc1cccc(F)c1)Nc1ccc(Cl)c(S(=O)(=O)N2CCCCC2)c1. The minimum atomic E-state index is -3.73. The molecule has 1 aliphatic heterocycles. The van der Waals surface area contributed by atoms with Crippen LogP contribution in [0.5, 0.6) is 5.75 Å². The molecule has 2 aromatic carbocycles. The van der Waals surface area contributed by atoms with Crippen LogP contribution in [0.4, 0.5) is 10.1 Å². The molecule has 1 saturated heterocycles. The second-order valence-electron chi connectivity index (χ2n) is 6.40. The van der Waals surface area contributed by atoms with Crippen molar-refractivity contribution in [3.63, 3.8) is 0 Å². The highest BCUT2D eigenvalue weighted by atomic mass is 35.5. The van der Waals surface area contributed by atoms with Crippen molar-refractivity contribution in [2.45, 2.75) is 24.2 Å². The molecule has 1 fully saturated rings. The summed E-state index contributed by atoms with van der Waals surface area (Å²) in [4.78, 5) is 12.1. The summed E-state index contributed by atoms with van der Waals surface area (Å²) in [6, 6.07) is 9.72. The van der Waals surface area contributed by atoms with Crippen LogP contribution in [0.1, 0.15) is 19.3 Å². The number of benzene rings is 2. The van der Waals surface area contributed by atoms with Crippen molar-refractivity contribution < 1.29 is 22.3 Å². The van der Waals surface area contributed by atoms with Gasteiger partial charge in [-0.3, -0.25) is 4.79 Å². The van der Waals surface area contributed by atoms with E-state index in [0.717, 1.165) is 19.3 Å². The van der Waals surface area contributed by atoms with Crippen LogP contribution in [0.2, 0.25) is 5.02 Å². The lowest BCUT2D eigenvalue weighted by molar-refractivity contribution is -0.118. The molecule has 6 nitrogen and oxygen atoms in total. The number of halogens is 2. The fraction of sp³-hybridized carbons (Fsp3) is 0.316. The van der Waals surface area contributed by atoms with Gasteiger partial charge in [0.2, 0.25) is 10.0 Å². The zero-order chi connectivity index (χ0) is 20.1. The topological polar surface area (TPSA) is 75.7 Å². The Balaban J connectivity index is 1.69. The predicted molar refractivity (Wildman–Crippen MR) is 105 cm³/mol. The summed E-state index contributed by atoms with van der Waals surface area (Å²) in [5.74, 6) is -0.754. The molecule has 9 heteroatoms. The number of nitrogens with one attached hydrogen (secondary N) is 1. The van der Waals surface area contributed by atoms with Crippen LogP contribution >= 0.6 is 11.6 Å². The summed E-state index contributed by atoms with van der Waals surface area (Å²) in [5, 5.41) is 2.67. The number of carbonyl (C=O) groups is 1. The molecular formula is C19H20ClFN2O4S. The van der Waals surface area contributed by atoms with Gasteiger partial charge in [-0.15, -0.1) is 0 Å². The van der Waals surface area contributed by atoms with Crippen molar-refractivity contribution in [1.29, 1.82) is 0 Å². The van der Waals surface area contributed by atoms with Crippen LogP contribution in [0.15, 0.2) is 47.4 Å². The first-order valence-corrected chi connectivity index (χ1v) is 10.7. The highest BCUT2D eigenvalue weighted by Crippen LogP contribution is 2.29. The van der Waals surface area contributed by atoms with Gasteiger partial charge in [0, 0.05) is 24.8 Å². The largest absolute Gasteiger partial charge is 0.484 e. The second kappa shape index (κ2) is 8.89. The van der Waals surface area contributed by atoms with E-state index in [1.54, 1.807) is 0 Å². The maximum absolute atomic E-state index is 13.1. The average Bonchev–Trinajstić information content (AvgIpc) is 2.68. The minimum Gasteiger partial charge on any atom is -0.484 e. The number of anilines is 1. The van der Waals surface area contributed by atoms with E-state index < -0.39 is 21.7 Å². The third kappa shape index (κ3) is 5.01. The van der Waals surface area contributed by atoms with E-state index in [1.165, 1.54) is 46.8 Å². The summed E-state index contributed by atoms with van der Waals surface area (Å²) in [7, 11) is -3.73. The molecule has 0 bridgehead atoms. The van der Waals surface area contributed by atoms with Crippen molar-refractivity contribution in [2.24, 2.45) is 0 Å². The smallest absolute Gasteiger partial charge is 0.262 e. The molecule has 0 aromatic heterocycles. The number of sulfonamides is 1. The maximum atomic E-state index is 13.1. The first-order valence-electron chi connectivity index (χ1n) is 8.84. The number of carbonyl (C=O) groups excluding carboxylic acids is 1. The Morgan fingerprint density at radius 1 is 1.14 bits per heavy atom. The lowest BCUT2D eigenvalue weighted by atomic mass is 10.2. The molecule has 1 N–H and O–H groups in total. The Bertz CT molecular complexity index is 962. The molecule has 3 rings (SSSR count). The van der Waals surface area contributed by atoms with Crippen molar-refractivity contribution in [1.82, 2.24) is 4.31 Å². The summed E-state index contributed by atoms with van der Waals surface area (Å²) in [6.07, 6.45) is 2.62. The average molecular weight is 427 g/mol. The highest BCUT2D eigenvalue weighted by molar-refractivity contribution is 7.89. The summed E-state index contributed by atoms with van der Waals surface area (Å²) < 4.78 is 45.5. The van der Waals surface area contributed by atoms with Gasteiger partial charge in [0.05, 0.1) is 5.02 Å². The monoisotopic (exact) mass is 426 g/mol. The third-order valence-electron chi connectivity index (χ3n) is 4.31. The number of amides is 1. The van der Waals surface area contributed by atoms with Crippen molar-refractivity contribution in [3.05, 3.63) is 53.3 Å². The molecule has 1 amide bonds. The van der Waals surface area contributed by atoms with Crippen molar-refractivity contribution >= 4 is 33.2 Å². The number of piperidine rings is 1. The van der Waals surface area contributed by atoms with Gasteiger partial charge in [0.15, 0.2) is 6.61 Å². The zero-order valence-corrected chi connectivity index (χ0v) is 16.6. The molecule has 2 aromatic rings. The van der Waals surface area contributed by atoms with Crippen molar-refractivity contribution in [2.75, 3.05) is 25.0 Å². The Morgan fingerprint density at radius 3 is 2.61 bits per heavy atom. The molecule has 0 saturated carbocycles. The van der Waals surface area contributed by atoms with Crippen LogP contribution in [-0.4, -0.2) is 38.3 Å². The van der Waals surface area contributed by atoms with E-state index in [-0.39, 0.29) is 28.0 Å². The number of nitrogens with zero attached hydrogens (tertiary/aromatic N) is 1. The fourth-order valence-electron chi connectivity index (χ4n) is 2.93. The number of ether oxygens (including phenoxy) is 1. The summed E-state index contributed by atoms with van der Waals surface area (Å²) in [5.41, 5.74) is 0.285. The van der Waals surface area contributed by atoms with Gasteiger partial charge in [0.25, 0.3) is 5.91 Å². The Labute approximate surface area is 168 Å². The third-order valence-corrected chi connectivity index (χ3v) is 6.69. The molecule has 150 valence electrons. The van der Waals surface area contributed by atoms with Crippen LogP contribution in [0.25, 0.3) is 0 Å². The van der Waals surface area contributed by atoms with E-state index in [0.29, 0.717) is 13.1 Å². The molecule has 28 heavy (non-hydrogen) atoms. The van der Waals surface area contributed by atoms with Gasteiger partial charge < -0.3 is 10.1 Å². The highest BCUT2D eigenvalue weighted by Gasteiger charge is 2.28. The van der Waals surface area contributed by atoms with Gasteiger partial charge in [0.1, 0.15) is 16.5 Å². The van der Waals surface area contributed by atoms with E-state index in [9.17, 15) is 17.6 Å². The van der Waals surface area contributed by atoms with E-state index in [4.69, 9.17) is 16.3 Å². The van der Waals surface area contributed by atoms with Crippen molar-refractivity contribution in [3.8, 4) is 5.75 Å². The Hall–Kier alpha value is -2.16. The van der Waals surface area contributed by atoms with Crippen LogP contribution in [0, 0.1) is 5.82 Å². The standard InChI is InChI=1S/C19H20ClFN2O4S/c20-17-8-7-15(12-18(17)28(25,26)23-9-2-1-3-10-23)22-19(24)13-27-16-6-4-5-14(21)11-16/h4-8,11-12H,1-3,9-10,13H2,(H,22,24). The van der Waals surface area contributed by atoms with Crippen LogP contribution < -0.4 is 10.1 Å². The molecule has 1 aliphatic rings. The first kappa shape index (κ1) is 20.6. The van der Waals surface area contributed by atoms with Gasteiger partial charge in [-0.05, 0) is 43.2 Å².